The highest BCUT2D eigenvalue weighted by Gasteiger charge is 2.51. The summed E-state index contributed by atoms with van der Waals surface area (Å²) >= 11 is 1.85. The standard InChI is InChI=1S/C59H36N2S/c1-3-16-37(17-4-1)40-32-41(43-24-15-29-56-57(43)48-23-10-14-28-55(48)62-56)34-42(33-40)54-36-53(60-58(61-54)38-18-5-2-6-19-38)39-30-31-47-46-22-9-13-27-51(46)59(52(47)35-39)49-25-11-7-20-44(49)45-21-8-12-26-50(45)59/h1-36H. The highest BCUT2D eigenvalue weighted by Crippen LogP contribution is 2.63. The predicted molar refractivity (Wildman–Crippen MR) is 258 cm³/mol. The van der Waals surface area contributed by atoms with E-state index in [1.165, 1.54) is 70.2 Å². The molecule has 0 atom stereocenters. The zero-order valence-electron chi connectivity index (χ0n) is 33.6. The van der Waals surface area contributed by atoms with Gasteiger partial charge in [-0.15, -0.1) is 11.3 Å². The maximum Gasteiger partial charge on any atom is 0.160 e. The highest BCUT2D eigenvalue weighted by molar-refractivity contribution is 7.25. The highest BCUT2D eigenvalue weighted by atomic mass is 32.1. The summed E-state index contributed by atoms with van der Waals surface area (Å²) < 4.78 is 2.58. The topological polar surface area (TPSA) is 25.8 Å². The molecular weight excluding hydrogens is 769 g/mol. The van der Waals surface area contributed by atoms with Gasteiger partial charge in [0.1, 0.15) is 0 Å². The summed E-state index contributed by atoms with van der Waals surface area (Å²) in [6.45, 7) is 0. The Morgan fingerprint density at radius 3 is 1.52 bits per heavy atom. The second kappa shape index (κ2) is 13.7. The Hall–Kier alpha value is -7.72. The Morgan fingerprint density at radius 1 is 0.306 bits per heavy atom. The number of nitrogens with zero attached hydrogens (tertiary/aromatic N) is 2. The third-order valence-electron chi connectivity index (χ3n) is 13.1. The number of thiophene rings is 1. The van der Waals surface area contributed by atoms with Crippen LogP contribution in [-0.4, -0.2) is 9.97 Å². The van der Waals surface area contributed by atoms with Crippen LogP contribution in [0.25, 0.3) is 98.6 Å². The van der Waals surface area contributed by atoms with Crippen molar-refractivity contribution in [1.29, 1.82) is 0 Å². The molecule has 11 aromatic rings. The van der Waals surface area contributed by atoms with E-state index in [-0.39, 0.29) is 0 Å². The minimum Gasteiger partial charge on any atom is -0.228 e. The number of aromatic nitrogens is 2. The molecule has 62 heavy (non-hydrogen) atoms. The summed E-state index contributed by atoms with van der Waals surface area (Å²) in [6, 6.07) is 79.7. The van der Waals surface area contributed by atoms with Crippen molar-refractivity contribution in [2.24, 2.45) is 0 Å². The van der Waals surface area contributed by atoms with Crippen molar-refractivity contribution in [1.82, 2.24) is 9.97 Å². The van der Waals surface area contributed by atoms with Gasteiger partial charge in [-0.3, -0.25) is 0 Å². The average Bonchev–Trinajstić information content (AvgIpc) is 3.98. The van der Waals surface area contributed by atoms with Gasteiger partial charge in [0.2, 0.25) is 0 Å². The molecule has 0 N–H and O–H groups in total. The van der Waals surface area contributed by atoms with Crippen LogP contribution in [0.4, 0.5) is 0 Å². The largest absolute Gasteiger partial charge is 0.228 e. The average molecular weight is 805 g/mol. The van der Waals surface area contributed by atoms with Gasteiger partial charge in [-0.05, 0) is 109 Å². The summed E-state index contributed by atoms with van der Waals surface area (Å²) in [4.78, 5) is 10.8. The molecule has 0 radical (unpaired) electrons. The van der Waals surface area contributed by atoms with Crippen LogP contribution >= 0.6 is 11.3 Å². The van der Waals surface area contributed by atoms with Gasteiger partial charge in [0, 0.05) is 36.9 Å². The van der Waals surface area contributed by atoms with Crippen molar-refractivity contribution in [2.75, 3.05) is 0 Å². The second-order valence-corrected chi connectivity index (χ2v) is 17.5. The van der Waals surface area contributed by atoms with E-state index in [1.807, 2.05) is 17.4 Å². The van der Waals surface area contributed by atoms with Crippen molar-refractivity contribution in [3.05, 3.63) is 241 Å². The number of fused-ring (bicyclic) bond motifs is 13. The maximum atomic E-state index is 5.40. The summed E-state index contributed by atoms with van der Waals surface area (Å²) in [7, 11) is 0. The fourth-order valence-electron chi connectivity index (χ4n) is 10.5. The molecule has 0 bridgehead atoms. The first-order chi connectivity index (χ1) is 30.7. The van der Waals surface area contributed by atoms with E-state index in [0.29, 0.717) is 5.82 Å². The lowest BCUT2D eigenvalue weighted by atomic mass is 9.70. The monoisotopic (exact) mass is 804 g/mol. The quantitative estimate of drug-likeness (QED) is 0.173. The van der Waals surface area contributed by atoms with Crippen LogP contribution in [0.3, 0.4) is 0 Å². The Labute approximate surface area is 364 Å². The van der Waals surface area contributed by atoms with Gasteiger partial charge < -0.3 is 0 Å². The molecule has 2 aliphatic carbocycles. The molecule has 0 aliphatic heterocycles. The normalized spacial score (nSPS) is 13.0. The van der Waals surface area contributed by atoms with E-state index in [2.05, 4.69) is 212 Å². The van der Waals surface area contributed by atoms with Crippen LogP contribution in [0.2, 0.25) is 0 Å². The first-order valence-electron chi connectivity index (χ1n) is 21.2. The van der Waals surface area contributed by atoms with Gasteiger partial charge in [-0.25, -0.2) is 9.97 Å². The van der Waals surface area contributed by atoms with E-state index in [1.54, 1.807) is 0 Å². The van der Waals surface area contributed by atoms with E-state index in [0.717, 1.165) is 44.8 Å². The molecule has 13 rings (SSSR count). The van der Waals surface area contributed by atoms with Gasteiger partial charge >= 0.3 is 0 Å². The zero-order valence-corrected chi connectivity index (χ0v) is 34.4. The smallest absolute Gasteiger partial charge is 0.160 e. The lowest BCUT2D eigenvalue weighted by molar-refractivity contribution is 0.794. The molecule has 288 valence electrons. The number of hydrogen-bond donors (Lipinski definition) is 0. The zero-order chi connectivity index (χ0) is 40.8. The Bertz CT molecular complexity index is 3520. The summed E-state index contributed by atoms with van der Waals surface area (Å²) in [5.74, 6) is 0.700. The van der Waals surface area contributed by atoms with Crippen LogP contribution in [0.5, 0.6) is 0 Å². The Morgan fingerprint density at radius 2 is 0.823 bits per heavy atom. The van der Waals surface area contributed by atoms with Crippen molar-refractivity contribution >= 4 is 31.5 Å². The fraction of sp³-hybridized carbons (Fsp3) is 0.0169. The van der Waals surface area contributed by atoms with E-state index in [9.17, 15) is 0 Å². The van der Waals surface area contributed by atoms with Crippen molar-refractivity contribution in [2.45, 2.75) is 5.41 Å². The molecule has 2 aromatic heterocycles. The second-order valence-electron chi connectivity index (χ2n) is 16.4. The molecule has 9 aromatic carbocycles. The third-order valence-corrected chi connectivity index (χ3v) is 14.2. The predicted octanol–water partition coefficient (Wildman–Crippen LogP) is 15.5. The summed E-state index contributed by atoms with van der Waals surface area (Å²) in [5, 5.41) is 2.58. The van der Waals surface area contributed by atoms with Crippen LogP contribution < -0.4 is 0 Å². The lowest BCUT2D eigenvalue weighted by Crippen LogP contribution is -2.25. The first-order valence-corrected chi connectivity index (χ1v) is 22.0. The van der Waals surface area contributed by atoms with Crippen molar-refractivity contribution in [3.8, 4) is 78.4 Å². The molecular formula is C59H36N2S. The van der Waals surface area contributed by atoms with Crippen molar-refractivity contribution < 1.29 is 0 Å². The van der Waals surface area contributed by atoms with E-state index < -0.39 is 5.41 Å². The molecule has 2 aliphatic rings. The number of benzene rings is 9. The Kier molecular flexibility index (Phi) is 7.72. The van der Waals surface area contributed by atoms with E-state index in [4.69, 9.17) is 9.97 Å². The van der Waals surface area contributed by atoms with Crippen LogP contribution in [0.1, 0.15) is 22.3 Å². The molecule has 0 saturated heterocycles. The van der Waals surface area contributed by atoms with Gasteiger partial charge in [0.15, 0.2) is 5.82 Å². The summed E-state index contributed by atoms with van der Waals surface area (Å²) in [6.07, 6.45) is 0. The van der Waals surface area contributed by atoms with Crippen LogP contribution in [-0.2, 0) is 5.41 Å². The molecule has 0 amide bonds. The molecule has 0 unspecified atom stereocenters. The minimum absolute atomic E-state index is 0.445. The van der Waals surface area contributed by atoms with Crippen molar-refractivity contribution in [3.63, 3.8) is 0 Å². The molecule has 0 fully saturated rings. The number of hydrogen-bond acceptors (Lipinski definition) is 3. The van der Waals surface area contributed by atoms with Gasteiger partial charge in [0.25, 0.3) is 0 Å². The lowest BCUT2D eigenvalue weighted by Gasteiger charge is -2.30. The SMILES string of the molecule is c1ccc(-c2cc(-c3cc(-c4ccc5c(c4)C4(c6ccccc6-c6ccccc64)c4ccccc4-5)nc(-c4ccccc4)n3)cc(-c3cccc4sc5ccccc5c34)c2)cc1. The molecule has 2 heterocycles. The third kappa shape index (κ3) is 5.16. The summed E-state index contributed by atoms with van der Waals surface area (Å²) in [5.41, 5.74) is 19.5. The number of rotatable bonds is 5. The van der Waals surface area contributed by atoms with Crippen LogP contribution in [0.15, 0.2) is 218 Å². The minimum atomic E-state index is -0.445. The molecule has 1 spiro atoms. The molecule has 0 saturated carbocycles. The maximum absolute atomic E-state index is 5.40. The van der Waals surface area contributed by atoms with Crippen LogP contribution in [0, 0.1) is 0 Å². The van der Waals surface area contributed by atoms with Gasteiger partial charge in [0.05, 0.1) is 16.8 Å². The van der Waals surface area contributed by atoms with Gasteiger partial charge in [-0.1, -0.05) is 176 Å². The molecule has 2 nitrogen and oxygen atoms in total. The fourth-order valence-corrected chi connectivity index (χ4v) is 11.6. The van der Waals surface area contributed by atoms with E-state index >= 15 is 0 Å². The Balaban J connectivity index is 1.05. The molecule has 3 heteroatoms. The van der Waals surface area contributed by atoms with Gasteiger partial charge in [-0.2, -0.15) is 0 Å². The first kappa shape index (κ1) is 35.1.